The van der Waals surface area contributed by atoms with Crippen molar-refractivity contribution < 1.29 is 9.84 Å². The van der Waals surface area contributed by atoms with E-state index in [2.05, 4.69) is 39.8 Å². The van der Waals surface area contributed by atoms with Gasteiger partial charge in [-0.25, -0.2) is 0 Å². The molecule has 2 heteroatoms. The summed E-state index contributed by atoms with van der Waals surface area (Å²) in [5.74, 6) is 1.71. The van der Waals surface area contributed by atoms with Crippen LogP contribution in [0.15, 0.2) is 12.1 Å². The molecule has 0 saturated heterocycles. The predicted octanol–water partition coefficient (Wildman–Crippen LogP) is 3.12. The van der Waals surface area contributed by atoms with Gasteiger partial charge in [0.05, 0.1) is 7.11 Å². The second kappa shape index (κ2) is 6.06. The fraction of sp³-hybridized carbons (Fsp3) is 0.600. The Labute approximate surface area is 105 Å². The number of methoxy groups -OCH3 is 1. The Hall–Kier alpha value is -1.02. The van der Waals surface area contributed by atoms with Crippen LogP contribution in [0.2, 0.25) is 0 Å². The Morgan fingerprint density at radius 1 is 1.18 bits per heavy atom. The second-order valence-corrected chi connectivity index (χ2v) is 5.14. The Kier molecular flexibility index (Phi) is 5.01. The first-order valence-electron chi connectivity index (χ1n) is 6.24. The monoisotopic (exact) mass is 236 g/mol. The molecular weight excluding hydrogens is 212 g/mol. The van der Waals surface area contributed by atoms with E-state index in [1.807, 2.05) is 0 Å². The van der Waals surface area contributed by atoms with Crippen molar-refractivity contribution in [1.29, 1.82) is 0 Å². The zero-order chi connectivity index (χ0) is 13.0. The third-order valence-corrected chi connectivity index (χ3v) is 3.56. The number of hydrogen-bond acceptors (Lipinski definition) is 2. The zero-order valence-electron chi connectivity index (χ0n) is 11.6. The summed E-state index contributed by atoms with van der Waals surface area (Å²) in [5, 5.41) is 9.40. The van der Waals surface area contributed by atoms with Crippen molar-refractivity contribution in [2.24, 2.45) is 11.8 Å². The van der Waals surface area contributed by atoms with E-state index in [-0.39, 0.29) is 6.61 Å². The summed E-state index contributed by atoms with van der Waals surface area (Å²) in [6, 6.07) is 4.26. The van der Waals surface area contributed by atoms with Crippen molar-refractivity contribution in [2.45, 2.75) is 34.1 Å². The Morgan fingerprint density at radius 3 is 2.24 bits per heavy atom. The molecule has 0 aliphatic carbocycles. The lowest BCUT2D eigenvalue weighted by atomic mass is 9.88. The van der Waals surface area contributed by atoms with Crippen molar-refractivity contribution in [2.75, 3.05) is 13.7 Å². The van der Waals surface area contributed by atoms with Gasteiger partial charge in [-0.05, 0) is 54.9 Å². The van der Waals surface area contributed by atoms with Crippen molar-refractivity contribution in [3.63, 3.8) is 0 Å². The van der Waals surface area contributed by atoms with Gasteiger partial charge in [-0.3, -0.25) is 0 Å². The standard InChI is InChI=1S/C15H24O2/c1-10(2)14(9-16)8-13-6-11(3)12(4)7-15(13)17-5/h6-7,10,14,16H,8-9H2,1-5H3. The van der Waals surface area contributed by atoms with Crippen LogP contribution in [-0.4, -0.2) is 18.8 Å². The molecule has 17 heavy (non-hydrogen) atoms. The van der Waals surface area contributed by atoms with Crippen LogP contribution < -0.4 is 4.74 Å². The number of aliphatic hydroxyl groups is 1. The van der Waals surface area contributed by atoms with Crippen LogP contribution in [0.25, 0.3) is 0 Å². The number of benzene rings is 1. The molecule has 0 bridgehead atoms. The average Bonchev–Trinajstić information content (AvgIpc) is 2.29. The molecule has 1 N–H and O–H groups in total. The molecule has 0 saturated carbocycles. The molecule has 1 rings (SSSR count). The second-order valence-electron chi connectivity index (χ2n) is 5.14. The average molecular weight is 236 g/mol. The summed E-state index contributed by atoms with van der Waals surface area (Å²) in [5.41, 5.74) is 3.72. The van der Waals surface area contributed by atoms with E-state index in [0.29, 0.717) is 11.8 Å². The van der Waals surface area contributed by atoms with E-state index in [9.17, 15) is 5.11 Å². The highest BCUT2D eigenvalue weighted by atomic mass is 16.5. The lowest BCUT2D eigenvalue weighted by Crippen LogP contribution is -2.16. The van der Waals surface area contributed by atoms with Gasteiger partial charge < -0.3 is 9.84 Å². The Morgan fingerprint density at radius 2 is 1.76 bits per heavy atom. The van der Waals surface area contributed by atoms with Gasteiger partial charge in [0.25, 0.3) is 0 Å². The molecular formula is C15H24O2. The van der Waals surface area contributed by atoms with E-state index in [4.69, 9.17) is 4.74 Å². The van der Waals surface area contributed by atoms with Crippen LogP contribution in [0.3, 0.4) is 0 Å². The highest BCUT2D eigenvalue weighted by Crippen LogP contribution is 2.27. The maximum absolute atomic E-state index is 9.40. The van der Waals surface area contributed by atoms with Gasteiger partial charge in [-0.2, -0.15) is 0 Å². The molecule has 0 heterocycles. The number of aliphatic hydroxyl groups excluding tert-OH is 1. The molecule has 0 amide bonds. The van der Waals surface area contributed by atoms with Crippen molar-refractivity contribution >= 4 is 0 Å². The smallest absolute Gasteiger partial charge is 0.122 e. The lowest BCUT2D eigenvalue weighted by molar-refractivity contribution is 0.188. The van der Waals surface area contributed by atoms with Crippen LogP contribution in [0.5, 0.6) is 5.75 Å². The third-order valence-electron chi connectivity index (χ3n) is 3.56. The molecule has 0 aromatic heterocycles. The van der Waals surface area contributed by atoms with Crippen molar-refractivity contribution in [1.82, 2.24) is 0 Å². The SMILES string of the molecule is COc1cc(C)c(C)cc1CC(CO)C(C)C. The molecule has 0 radical (unpaired) electrons. The fourth-order valence-corrected chi connectivity index (χ4v) is 1.99. The molecule has 1 aromatic carbocycles. The summed E-state index contributed by atoms with van der Waals surface area (Å²) in [6.07, 6.45) is 0.873. The largest absolute Gasteiger partial charge is 0.496 e. The van der Waals surface area contributed by atoms with Crippen molar-refractivity contribution in [3.05, 3.63) is 28.8 Å². The molecule has 2 nitrogen and oxygen atoms in total. The van der Waals surface area contributed by atoms with E-state index in [1.54, 1.807) is 7.11 Å². The van der Waals surface area contributed by atoms with Gasteiger partial charge in [0, 0.05) is 6.61 Å². The van der Waals surface area contributed by atoms with E-state index in [0.717, 1.165) is 12.2 Å². The van der Waals surface area contributed by atoms with Crippen LogP contribution in [0.4, 0.5) is 0 Å². The van der Waals surface area contributed by atoms with Gasteiger partial charge in [-0.1, -0.05) is 19.9 Å². The topological polar surface area (TPSA) is 29.5 Å². The molecule has 0 spiro atoms. The van der Waals surface area contributed by atoms with Gasteiger partial charge >= 0.3 is 0 Å². The normalized spacial score (nSPS) is 12.9. The maximum atomic E-state index is 9.40. The molecule has 96 valence electrons. The van der Waals surface area contributed by atoms with Gasteiger partial charge in [-0.15, -0.1) is 0 Å². The van der Waals surface area contributed by atoms with Crippen LogP contribution >= 0.6 is 0 Å². The summed E-state index contributed by atoms with van der Waals surface area (Å²) in [6.45, 7) is 8.73. The summed E-state index contributed by atoms with van der Waals surface area (Å²) in [4.78, 5) is 0. The molecule has 0 aliphatic rings. The molecule has 1 unspecified atom stereocenters. The van der Waals surface area contributed by atoms with Gasteiger partial charge in [0.2, 0.25) is 0 Å². The van der Waals surface area contributed by atoms with E-state index < -0.39 is 0 Å². The zero-order valence-corrected chi connectivity index (χ0v) is 11.6. The summed E-state index contributed by atoms with van der Waals surface area (Å²) in [7, 11) is 1.71. The Bertz CT molecular complexity index is 369. The molecule has 1 atom stereocenters. The molecule has 1 aromatic rings. The van der Waals surface area contributed by atoms with Crippen LogP contribution in [0, 0.1) is 25.7 Å². The van der Waals surface area contributed by atoms with E-state index >= 15 is 0 Å². The minimum Gasteiger partial charge on any atom is -0.496 e. The van der Waals surface area contributed by atoms with E-state index in [1.165, 1.54) is 16.7 Å². The predicted molar refractivity (Wildman–Crippen MR) is 71.6 cm³/mol. The third kappa shape index (κ3) is 3.47. The minimum atomic E-state index is 0.230. The molecule has 0 fully saturated rings. The number of aryl methyl sites for hydroxylation is 2. The molecule has 0 aliphatic heterocycles. The summed E-state index contributed by atoms with van der Waals surface area (Å²) < 4.78 is 5.42. The lowest BCUT2D eigenvalue weighted by Gasteiger charge is -2.20. The highest BCUT2D eigenvalue weighted by Gasteiger charge is 2.16. The summed E-state index contributed by atoms with van der Waals surface area (Å²) >= 11 is 0. The maximum Gasteiger partial charge on any atom is 0.122 e. The first kappa shape index (κ1) is 14.0. The minimum absolute atomic E-state index is 0.230. The quantitative estimate of drug-likeness (QED) is 0.851. The number of rotatable bonds is 5. The fourth-order valence-electron chi connectivity index (χ4n) is 1.99. The highest BCUT2D eigenvalue weighted by molar-refractivity contribution is 5.42. The number of ether oxygens (including phenoxy) is 1. The van der Waals surface area contributed by atoms with Gasteiger partial charge in [0.1, 0.15) is 5.75 Å². The first-order chi connectivity index (χ1) is 7.99. The van der Waals surface area contributed by atoms with Crippen LogP contribution in [0.1, 0.15) is 30.5 Å². The van der Waals surface area contributed by atoms with Crippen LogP contribution in [-0.2, 0) is 6.42 Å². The number of hydrogen-bond donors (Lipinski definition) is 1. The van der Waals surface area contributed by atoms with Crippen molar-refractivity contribution in [3.8, 4) is 5.75 Å². The van der Waals surface area contributed by atoms with Gasteiger partial charge in [0.15, 0.2) is 0 Å². The Balaban J connectivity index is 3.00. The first-order valence-corrected chi connectivity index (χ1v) is 6.24.